The van der Waals surface area contributed by atoms with Crippen molar-refractivity contribution >= 4 is 50.6 Å². The van der Waals surface area contributed by atoms with Crippen LogP contribution in [0.2, 0.25) is 0 Å². The van der Waals surface area contributed by atoms with Crippen LogP contribution in [0.1, 0.15) is 16.1 Å². The van der Waals surface area contributed by atoms with Crippen LogP contribution in [0.3, 0.4) is 0 Å². The van der Waals surface area contributed by atoms with Crippen LogP contribution in [0.15, 0.2) is 65.7 Å². The van der Waals surface area contributed by atoms with Crippen molar-refractivity contribution in [1.29, 1.82) is 0 Å². The number of hydrogen-bond donors (Lipinski definition) is 3. The molecular formula is C20H19N5O4S2. The second-order valence-corrected chi connectivity index (χ2v) is 8.36. The molecule has 9 nitrogen and oxygen atoms in total. The van der Waals surface area contributed by atoms with E-state index in [4.69, 9.17) is 17.0 Å². The highest BCUT2D eigenvalue weighted by atomic mass is 32.2. The predicted octanol–water partition coefficient (Wildman–Crippen LogP) is 3.18. The minimum absolute atomic E-state index is 0.00292. The number of thiocarbonyl (C=S) groups is 1. The molecule has 0 radical (unpaired) electrons. The average Bonchev–Trinajstić information content (AvgIpc) is 2.73. The van der Waals surface area contributed by atoms with Gasteiger partial charge < -0.3 is 15.4 Å². The zero-order chi connectivity index (χ0) is 22.4. The summed E-state index contributed by atoms with van der Waals surface area (Å²) in [5, 5.41) is 6.09. The van der Waals surface area contributed by atoms with Crippen molar-refractivity contribution in [1.82, 2.24) is 9.97 Å². The van der Waals surface area contributed by atoms with Crippen LogP contribution in [0.4, 0.5) is 17.3 Å². The summed E-state index contributed by atoms with van der Waals surface area (Å²) in [7, 11) is -2.55. The van der Waals surface area contributed by atoms with Crippen molar-refractivity contribution in [2.75, 3.05) is 22.5 Å². The van der Waals surface area contributed by atoms with Gasteiger partial charge in [0.25, 0.3) is 10.0 Å². The first-order valence-corrected chi connectivity index (χ1v) is 10.9. The summed E-state index contributed by atoms with van der Waals surface area (Å²) < 4.78 is 32.1. The number of methoxy groups -OCH3 is 1. The highest BCUT2D eigenvalue weighted by Crippen LogP contribution is 2.19. The summed E-state index contributed by atoms with van der Waals surface area (Å²) in [5.41, 5.74) is 2.01. The van der Waals surface area contributed by atoms with Crippen molar-refractivity contribution in [3.8, 4) is 0 Å². The van der Waals surface area contributed by atoms with E-state index in [1.165, 1.54) is 25.4 Å². The number of carbonyl (C=O) groups is 1. The molecule has 0 atom stereocenters. The van der Waals surface area contributed by atoms with E-state index in [0.717, 1.165) is 0 Å². The summed E-state index contributed by atoms with van der Waals surface area (Å²) in [5.74, 6) is -0.498. The van der Waals surface area contributed by atoms with Crippen molar-refractivity contribution in [2.24, 2.45) is 0 Å². The minimum Gasteiger partial charge on any atom is -0.465 e. The first-order chi connectivity index (χ1) is 14.8. The average molecular weight is 458 g/mol. The molecular weight excluding hydrogens is 438 g/mol. The highest BCUT2D eigenvalue weighted by Gasteiger charge is 2.16. The SMILES string of the molecule is COC(=O)c1ccccc1NC(=S)Nc1ccc(S(=O)(=O)Nc2nccc(C)n2)cc1. The Morgan fingerprint density at radius 1 is 1.03 bits per heavy atom. The van der Waals surface area contributed by atoms with Gasteiger partial charge in [-0.25, -0.2) is 27.9 Å². The zero-order valence-electron chi connectivity index (χ0n) is 16.6. The van der Waals surface area contributed by atoms with Crippen LogP contribution < -0.4 is 15.4 Å². The molecule has 0 saturated carbocycles. The van der Waals surface area contributed by atoms with Gasteiger partial charge in [0.15, 0.2) is 5.11 Å². The second kappa shape index (κ2) is 9.49. The fraction of sp³-hybridized carbons (Fsp3) is 0.100. The lowest BCUT2D eigenvalue weighted by Gasteiger charge is -2.13. The zero-order valence-corrected chi connectivity index (χ0v) is 18.3. The summed E-state index contributed by atoms with van der Waals surface area (Å²) in [6.45, 7) is 1.74. The second-order valence-electron chi connectivity index (χ2n) is 6.27. The number of rotatable bonds is 6. The molecule has 0 saturated heterocycles. The minimum atomic E-state index is -3.84. The molecule has 1 heterocycles. The molecule has 0 bridgehead atoms. The van der Waals surface area contributed by atoms with Gasteiger partial charge in [-0.3, -0.25) is 0 Å². The van der Waals surface area contributed by atoms with E-state index in [1.54, 1.807) is 49.4 Å². The predicted molar refractivity (Wildman–Crippen MR) is 122 cm³/mol. The molecule has 11 heteroatoms. The number of nitrogens with one attached hydrogen (secondary N) is 3. The van der Waals surface area contributed by atoms with Crippen LogP contribution in [0.25, 0.3) is 0 Å². The Kier molecular flexibility index (Phi) is 6.78. The van der Waals surface area contributed by atoms with E-state index < -0.39 is 16.0 Å². The molecule has 0 unspecified atom stereocenters. The van der Waals surface area contributed by atoms with Gasteiger partial charge in [0.05, 0.1) is 23.3 Å². The number of sulfonamides is 1. The lowest BCUT2D eigenvalue weighted by Crippen LogP contribution is -2.21. The number of para-hydroxylation sites is 1. The molecule has 3 N–H and O–H groups in total. The van der Waals surface area contributed by atoms with E-state index >= 15 is 0 Å². The normalized spacial score (nSPS) is 10.8. The Morgan fingerprint density at radius 2 is 1.74 bits per heavy atom. The molecule has 2 aromatic carbocycles. The largest absolute Gasteiger partial charge is 0.465 e. The third kappa shape index (κ3) is 5.74. The summed E-state index contributed by atoms with van der Waals surface area (Å²) >= 11 is 5.28. The molecule has 0 spiro atoms. The van der Waals surface area contributed by atoms with Crippen LogP contribution >= 0.6 is 12.2 Å². The van der Waals surface area contributed by atoms with E-state index in [0.29, 0.717) is 22.6 Å². The lowest BCUT2D eigenvalue weighted by atomic mass is 10.2. The molecule has 31 heavy (non-hydrogen) atoms. The molecule has 1 aromatic heterocycles. The van der Waals surface area contributed by atoms with Crippen molar-refractivity contribution in [2.45, 2.75) is 11.8 Å². The molecule has 3 rings (SSSR count). The standard InChI is InChI=1S/C20H19N5O4S2/c1-13-11-12-21-19(22-13)25-31(27,28)15-9-7-14(8-10-15)23-20(30)24-17-6-4-3-5-16(17)18(26)29-2/h3-12H,1-2H3,(H,21,22,25)(H2,23,24,30). The van der Waals surface area contributed by atoms with Gasteiger partial charge in [0.2, 0.25) is 5.95 Å². The number of ether oxygens (including phenoxy) is 1. The third-order valence-electron chi connectivity index (χ3n) is 4.02. The Bertz CT molecular complexity index is 1210. The highest BCUT2D eigenvalue weighted by molar-refractivity contribution is 7.92. The number of anilines is 3. The van der Waals surface area contributed by atoms with Crippen LogP contribution in [0, 0.1) is 6.92 Å². The van der Waals surface area contributed by atoms with Crippen molar-refractivity contribution in [3.63, 3.8) is 0 Å². The first kappa shape index (κ1) is 22.1. The van der Waals surface area contributed by atoms with E-state index in [1.807, 2.05) is 0 Å². The monoisotopic (exact) mass is 457 g/mol. The Hall–Kier alpha value is -3.57. The number of hydrogen-bond acceptors (Lipinski definition) is 7. The molecule has 0 amide bonds. The number of aromatic nitrogens is 2. The number of nitrogens with zero attached hydrogens (tertiary/aromatic N) is 2. The maximum Gasteiger partial charge on any atom is 0.339 e. The van der Waals surface area contributed by atoms with Crippen molar-refractivity contribution < 1.29 is 17.9 Å². The number of aryl methyl sites for hydroxylation is 1. The van der Waals surface area contributed by atoms with E-state index in [2.05, 4.69) is 25.3 Å². The lowest BCUT2D eigenvalue weighted by molar-refractivity contribution is 0.0602. The molecule has 160 valence electrons. The molecule has 0 aliphatic rings. The Balaban J connectivity index is 1.68. The summed E-state index contributed by atoms with van der Waals surface area (Å²) in [6.07, 6.45) is 1.47. The maximum absolute atomic E-state index is 12.5. The van der Waals surface area contributed by atoms with Gasteiger partial charge in [-0.15, -0.1) is 0 Å². The number of benzene rings is 2. The van der Waals surface area contributed by atoms with Gasteiger partial charge in [-0.1, -0.05) is 12.1 Å². The van der Waals surface area contributed by atoms with E-state index in [9.17, 15) is 13.2 Å². The van der Waals surface area contributed by atoms with Crippen LogP contribution in [0.5, 0.6) is 0 Å². The van der Waals surface area contributed by atoms with E-state index in [-0.39, 0.29) is 16.0 Å². The fourth-order valence-corrected chi connectivity index (χ4v) is 3.74. The Labute approximate surface area is 184 Å². The van der Waals surface area contributed by atoms with Crippen LogP contribution in [-0.4, -0.2) is 36.6 Å². The van der Waals surface area contributed by atoms with Gasteiger partial charge in [-0.2, -0.15) is 0 Å². The molecule has 3 aromatic rings. The first-order valence-electron chi connectivity index (χ1n) is 8.96. The van der Waals surface area contributed by atoms with Crippen molar-refractivity contribution in [3.05, 3.63) is 72.1 Å². The van der Waals surface area contributed by atoms with Gasteiger partial charge >= 0.3 is 5.97 Å². The number of carbonyl (C=O) groups excluding carboxylic acids is 1. The number of esters is 1. The molecule has 0 aliphatic carbocycles. The summed E-state index contributed by atoms with van der Waals surface area (Å²) in [6, 6.07) is 14.4. The Morgan fingerprint density at radius 3 is 2.42 bits per heavy atom. The molecule has 0 aliphatic heterocycles. The summed E-state index contributed by atoms with van der Waals surface area (Å²) in [4.78, 5) is 19.8. The smallest absolute Gasteiger partial charge is 0.339 e. The fourth-order valence-electron chi connectivity index (χ4n) is 2.56. The van der Waals surface area contributed by atoms with Gasteiger partial charge in [0.1, 0.15) is 0 Å². The van der Waals surface area contributed by atoms with Crippen LogP contribution in [-0.2, 0) is 14.8 Å². The van der Waals surface area contributed by atoms with Gasteiger partial charge in [0, 0.05) is 17.6 Å². The molecule has 0 fully saturated rings. The van der Waals surface area contributed by atoms with Gasteiger partial charge in [-0.05, 0) is 61.6 Å². The maximum atomic E-state index is 12.5. The quantitative estimate of drug-likeness (QED) is 0.378. The third-order valence-corrected chi connectivity index (χ3v) is 5.57. The topological polar surface area (TPSA) is 122 Å².